The number of hydrogen-bond acceptors (Lipinski definition) is 5. The van der Waals surface area contributed by atoms with Gasteiger partial charge in [0.1, 0.15) is 6.07 Å². The van der Waals surface area contributed by atoms with Gasteiger partial charge in [0.05, 0.1) is 11.8 Å². The standard InChI is InChI=1S/C10H13N5/c11-5-8-3-4-14-15-10(8)13-6-9(12)7-1-2-7/h3-4,7,9H,1-2,6,12H2,(H,13,15). The van der Waals surface area contributed by atoms with Crippen molar-refractivity contribution in [2.24, 2.45) is 11.7 Å². The highest BCUT2D eigenvalue weighted by molar-refractivity contribution is 5.50. The summed E-state index contributed by atoms with van der Waals surface area (Å²) >= 11 is 0. The zero-order valence-corrected chi connectivity index (χ0v) is 8.35. The Kier molecular flexibility index (Phi) is 2.79. The normalized spacial score (nSPS) is 16.8. The van der Waals surface area contributed by atoms with Crippen molar-refractivity contribution >= 4 is 5.82 Å². The van der Waals surface area contributed by atoms with Crippen molar-refractivity contribution in [3.05, 3.63) is 17.8 Å². The molecular weight excluding hydrogens is 190 g/mol. The van der Waals surface area contributed by atoms with E-state index in [9.17, 15) is 0 Å². The van der Waals surface area contributed by atoms with Gasteiger partial charge in [0.15, 0.2) is 5.82 Å². The summed E-state index contributed by atoms with van der Waals surface area (Å²) < 4.78 is 0. The van der Waals surface area contributed by atoms with E-state index in [0.717, 1.165) is 0 Å². The molecule has 1 aliphatic rings. The summed E-state index contributed by atoms with van der Waals surface area (Å²) in [6, 6.07) is 3.85. The molecule has 1 atom stereocenters. The van der Waals surface area contributed by atoms with Gasteiger partial charge in [-0.15, -0.1) is 5.10 Å². The molecule has 0 aliphatic heterocycles. The molecule has 0 saturated heterocycles. The first-order chi connectivity index (χ1) is 7.31. The van der Waals surface area contributed by atoms with Crippen molar-refractivity contribution in [3.63, 3.8) is 0 Å². The van der Waals surface area contributed by atoms with E-state index < -0.39 is 0 Å². The van der Waals surface area contributed by atoms with Crippen LogP contribution in [-0.4, -0.2) is 22.8 Å². The molecule has 1 aromatic rings. The number of rotatable bonds is 4. The smallest absolute Gasteiger partial charge is 0.166 e. The second kappa shape index (κ2) is 4.24. The van der Waals surface area contributed by atoms with Crippen LogP contribution in [0.5, 0.6) is 0 Å². The van der Waals surface area contributed by atoms with Gasteiger partial charge in [-0.05, 0) is 24.8 Å². The van der Waals surface area contributed by atoms with Gasteiger partial charge in [-0.1, -0.05) is 0 Å². The maximum atomic E-state index is 8.82. The first-order valence-corrected chi connectivity index (χ1v) is 5.02. The van der Waals surface area contributed by atoms with E-state index in [1.807, 2.05) is 0 Å². The minimum atomic E-state index is 0.151. The highest BCUT2D eigenvalue weighted by atomic mass is 15.2. The highest BCUT2D eigenvalue weighted by Crippen LogP contribution is 2.31. The number of nitrogens with two attached hydrogens (primary N) is 1. The van der Waals surface area contributed by atoms with Crippen molar-refractivity contribution < 1.29 is 0 Å². The van der Waals surface area contributed by atoms with Crippen molar-refractivity contribution in [2.45, 2.75) is 18.9 Å². The highest BCUT2D eigenvalue weighted by Gasteiger charge is 2.28. The minimum Gasteiger partial charge on any atom is -0.366 e. The fourth-order valence-electron chi connectivity index (χ4n) is 1.46. The van der Waals surface area contributed by atoms with Gasteiger partial charge in [0.25, 0.3) is 0 Å². The number of nitrogens with zero attached hydrogens (tertiary/aromatic N) is 3. The summed E-state index contributed by atoms with van der Waals surface area (Å²) in [6.07, 6.45) is 3.94. The van der Waals surface area contributed by atoms with E-state index in [1.165, 1.54) is 19.0 Å². The van der Waals surface area contributed by atoms with E-state index in [1.54, 1.807) is 6.07 Å². The molecule has 0 amide bonds. The van der Waals surface area contributed by atoms with Crippen molar-refractivity contribution in [3.8, 4) is 6.07 Å². The third-order valence-corrected chi connectivity index (χ3v) is 2.57. The number of aromatic nitrogens is 2. The average molecular weight is 203 g/mol. The lowest BCUT2D eigenvalue weighted by Gasteiger charge is -2.11. The van der Waals surface area contributed by atoms with Crippen LogP contribution in [0.25, 0.3) is 0 Å². The van der Waals surface area contributed by atoms with Crippen LogP contribution in [0, 0.1) is 17.2 Å². The SMILES string of the molecule is N#Cc1ccnnc1NCC(N)C1CC1. The molecule has 5 nitrogen and oxygen atoms in total. The second-order valence-electron chi connectivity index (χ2n) is 3.79. The molecule has 1 aliphatic carbocycles. The quantitative estimate of drug-likeness (QED) is 0.743. The number of hydrogen-bond donors (Lipinski definition) is 2. The lowest BCUT2D eigenvalue weighted by atomic mass is 10.2. The third kappa shape index (κ3) is 2.42. The third-order valence-electron chi connectivity index (χ3n) is 2.57. The number of nitriles is 1. The lowest BCUT2D eigenvalue weighted by molar-refractivity contribution is 0.619. The van der Waals surface area contributed by atoms with Crippen LogP contribution in [-0.2, 0) is 0 Å². The minimum absolute atomic E-state index is 0.151. The molecule has 15 heavy (non-hydrogen) atoms. The van der Waals surface area contributed by atoms with Gasteiger partial charge in [-0.3, -0.25) is 0 Å². The van der Waals surface area contributed by atoms with Crippen molar-refractivity contribution in [2.75, 3.05) is 11.9 Å². The molecule has 0 aromatic carbocycles. The van der Waals surface area contributed by atoms with E-state index in [4.69, 9.17) is 11.0 Å². The Labute approximate surface area is 88.3 Å². The Morgan fingerprint density at radius 2 is 2.47 bits per heavy atom. The molecule has 1 heterocycles. The van der Waals surface area contributed by atoms with Crippen LogP contribution in [0.4, 0.5) is 5.82 Å². The van der Waals surface area contributed by atoms with Crippen molar-refractivity contribution in [1.29, 1.82) is 5.26 Å². The molecule has 3 N–H and O–H groups in total. The summed E-state index contributed by atoms with van der Waals surface area (Å²) in [6.45, 7) is 0.651. The van der Waals surface area contributed by atoms with Crippen LogP contribution in [0.2, 0.25) is 0 Å². The molecule has 1 fully saturated rings. The van der Waals surface area contributed by atoms with Crippen molar-refractivity contribution in [1.82, 2.24) is 10.2 Å². The number of nitrogens with one attached hydrogen (secondary N) is 1. The summed E-state index contributed by atoms with van der Waals surface area (Å²) in [7, 11) is 0. The largest absolute Gasteiger partial charge is 0.366 e. The molecule has 1 unspecified atom stereocenters. The summed E-state index contributed by atoms with van der Waals surface area (Å²) in [4.78, 5) is 0. The summed E-state index contributed by atoms with van der Waals surface area (Å²) in [5, 5.41) is 19.5. The van der Waals surface area contributed by atoms with Gasteiger partial charge in [-0.2, -0.15) is 10.4 Å². The Hall–Kier alpha value is -1.67. The van der Waals surface area contributed by atoms with Gasteiger partial charge in [0.2, 0.25) is 0 Å². The summed E-state index contributed by atoms with van der Waals surface area (Å²) in [5.74, 6) is 1.16. The number of anilines is 1. The zero-order valence-electron chi connectivity index (χ0n) is 8.35. The molecule has 5 heteroatoms. The Balaban J connectivity index is 1.95. The predicted molar refractivity (Wildman–Crippen MR) is 55.9 cm³/mol. The lowest BCUT2D eigenvalue weighted by Crippen LogP contribution is -2.31. The van der Waals surface area contributed by atoms with Crippen LogP contribution >= 0.6 is 0 Å². The van der Waals surface area contributed by atoms with Gasteiger partial charge in [0, 0.05) is 12.6 Å². The molecule has 0 radical (unpaired) electrons. The van der Waals surface area contributed by atoms with Crippen LogP contribution < -0.4 is 11.1 Å². The monoisotopic (exact) mass is 203 g/mol. The second-order valence-corrected chi connectivity index (χ2v) is 3.79. The predicted octanol–water partition coefficient (Wildman–Crippen LogP) is 0.497. The first kappa shape index (κ1) is 9.87. The van der Waals surface area contributed by atoms with Crippen LogP contribution in [0.3, 0.4) is 0 Å². The molecule has 1 saturated carbocycles. The maximum Gasteiger partial charge on any atom is 0.166 e. The Bertz CT molecular complexity index is 380. The molecule has 1 aromatic heterocycles. The van der Waals surface area contributed by atoms with Crippen LogP contribution in [0.1, 0.15) is 18.4 Å². The molecule has 0 spiro atoms. The first-order valence-electron chi connectivity index (χ1n) is 5.02. The van der Waals surface area contributed by atoms with Crippen LogP contribution in [0.15, 0.2) is 12.3 Å². The molecular formula is C10H13N5. The van der Waals surface area contributed by atoms with E-state index in [2.05, 4.69) is 21.6 Å². The maximum absolute atomic E-state index is 8.82. The van der Waals surface area contributed by atoms with E-state index in [0.29, 0.717) is 23.8 Å². The zero-order chi connectivity index (χ0) is 10.7. The fraction of sp³-hybridized carbons (Fsp3) is 0.500. The molecule has 78 valence electrons. The average Bonchev–Trinajstić information content (AvgIpc) is 3.10. The van der Waals surface area contributed by atoms with Gasteiger partial charge >= 0.3 is 0 Å². The molecule has 0 bridgehead atoms. The Morgan fingerprint density at radius 3 is 3.13 bits per heavy atom. The Morgan fingerprint density at radius 1 is 1.67 bits per heavy atom. The van der Waals surface area contributed by atoms with Gasteiger partial charge in [-0.25, -0.2) is 0 Å². The van der Waals surface area contributed by atoms with E-state index >= 15 is 0 Å². The summed E-state index contributed by atoms with van der Waals surface area (Å²) in [5.41, 5.74) is 6.43. The van der Waals surface area contributed by atoms with Gasteiger partial charge < -0.3 is 11.1 Å². The topological polar surface area (TPSA) is 87.6 Å². The fourth-order valence-corrected chi connectivity index (χ4v) is 1.46. The molecule has 2 rings (SSSR count). The van der Waals surface area contributed by atoms with E-state index in [-0.39, 0.29) is 6.04 Å².